The van der Waals surface area contributed by atoms with Crippen LogP contribution in [0, 0.1) is 5.41 Å². The first-order chi connectivity index (χ1) is 19.5. The molecule has 0 saturated heterocycles. The molecule has 0 bridgehead atoms. The first-order valence-electron chi connectivity index (χ1n) is 13.7. The van der Waals surface area contributed by atoms with Gasteiger partial charge in [-0.3, -0.25) is 4.79 Å². The highest BCUT2D eigenvalue weighted by Gasteiger charge is 2.45. The number of aryl methyl sites for hydroxylation is 1. The molecule has 1 unspecified atom stereocenters. The third kappa shape index (κ3) is 7.37. The number of ether oxygens (including phenoxy) is 1. The molecule has 2 aromatic carbocycles. The van der Waals surface area contributed by atoms with Crippen molar-refractivity contribution in [2.75, 3.05) is 6.61 Å². The molecule has 1 atom stereocenters. The number of rotatable bonds is 12. The van der Waals surface area contributed by atoms with Gasteiger partial charge in [0.15, 0.2) is 0 Å². The molecule has 0 spiro atoms. The van der Waals surface area contributed by atoms with Crippen LogP contribution in [0.4, 0.5) is 0 Å². The van der Waals surface area contributed by atoms with Gasteiger partial charge in [0.1, 0.15) is 9.85 Å². The fourth-order valence-electron chi connectivity index (χ4n) is 5.19. The van der Waals surface area contributed by atoms with Crippen molar-refractivity contribution in [1.82, 2.24) is 4.98 Å². The van der Waals surface area contributed by atoms with E-state index >= 15 is 0 Å². The minimum absolute atomic E-state index is 0.126. The lowest BCUT2D eigenvalue weighted by atomic mass is 9.89. The molecular weight excluding hydrogens is 577 g/mol. The molecule has 0 aliphatic heterocycles. The summed E-state index contributed by atoms with van der Waals surface area (Å²) >= 11 is 13.9. The Kier molecular flexibility index (Phi) is 8.88. The van der Waals surface area contributed by atoms with Gasteiger partial charge in [0, 0.05) is 5.41 Å². The molecule has 2 N–H and O–H groups in total. The van der Waals surface area contributed by atoms with E-state index in [0.29, 0.717) is 34.3 Å². The quantitative estimate of drug-likeness (QED) is 0.167. The monoisotopic (exact) mass is 609 g/mol. The number of halogens is 2. The number of carboxylic acid groups (broad SMARTS) is 1. The van der Waals surface area contributed by atoms with Crippen LogP contribution in [0.5, 0.6) is 0 Å². The molecule has 8 heteroatoms. The zero-order valence-electron chi connectivity index (χ0n) is 23.1. The highest BCUT2D eigenvalue weighted by molar-refractivity contribution is 7.23. The smallest absolute Gasteiger partial charge is 0.303 e. The molecule has 2 heterocycles. The SMILES string of the molecule is CC(C)(O)c1ccccc1CCC(OCC1(CC(=O)O)CC1)c1cccc(/C=C/c2ccc3sc(Cl)c(Cl)c3n2)c1. The fourth-order valence-corrected chi connectivity index (χ4v) is 6.60. The van der Waals surface area contributed by atoms with Gasteiger partial charge >= 0.3 is 5.97 Å². The number of aliphatic hydroxyl groups is 1. The maximum atomic E-state index is 11.4. The third-order valence-electron chi connectivity index (χ3n) is 7.62. The van der Waals surface area contributed by atoms with Gasteiger partial charge in [-0.1, -0.05) is 71.7 Å². The lowest BCUT2D eigenvalue weighted by Crippen LogP contribution is -2.20. The second kappa shape index (κ2) is 12.2. The molecule has 1 aliphatic rings. The van der Waals surface area contributed by atoms with Gasteiger partial charge in [0.25, 0.3) is 0 Å². The molecule has 5 nitrogen and oxygen atoms in total. The maximum Gasteiger partial charge on any atom is 0.303 e. The first kappa shape index (κ1) is 29.7. The molecule has 41 heavy (non-hydrogen) atoms. The van der Waals surface area contributed by atoms with Gasteiger partial charge in [-0.05, 0) is 86.1 Å². The molecule has 1 saturated carbocycles. The highest BCUT2D eigenvalue weighted by Crippen LogP contribution is 2.50. The van der Waals surface area contributed by atoms with E-state index in [1.807, 2.05) is 60.7 Å². The Hall–Kier alpha value is -2.74. The molecule has 0 radical (unpaired) electrons. The fraction of sp³-hybridized carbons (Fsp3) is 0.333. The lowest BCUT2D eigenvalue weighted by molar-refractivity contribution is -0.139. The summed E-state index contributed by atoms with van der Waals surface area (Å²) in [5, 5.41) is 20.6. The molecular formula is C33H33Cl2NO4S. The number of hydrogen-bond donors (Lipinski definition) is 2. The summed E-state index contributed by atoms with van der Waals surface area (Å²) in [6.45, 7) is 4.00. The molecule has 1 fully saturated rings. The number of fused-ring (bicyclic) bond motifs is 1. The maximum absolute atomic E-state index is 11.4. The third-order valence-corrected chi connectivity index (χ3v) is 9.55. The number of nitrogens with zero attached hydrogens (tertiary/aromatic N) is 1. The zero-order chi connectivity index (χ0) is 29.2. The molecule has 0 amide bonds. The summed E-state index contributed by atoms with van der Waals surface area (Å²) in [5.41, 5.74) is 4.25. The molecule has 214 valence electrons. The summed E-state index contributed by atoms with van der Waals surface area (Å²) in [4.78, 5) is 16.1. The number of hydrogen-bond acceptors (Lipinski definition) is 5. The van der Waals surface area contributed by atoms with Crippen molar-refractivity contribution in [3.8, 4) is 0 Å². The van der Waals surface area contributed by atoms with Crippen LogP contribution in [-0.2, 0) is 21.6 Å². The minimum atomic E-state index is -0.952. The van der Waals surface area contributed by atoms with Crippen LogP contribution >= 0.6 is 34.5 Å². The number of pyridine rings is 1. The van der Waals surface area contributed by atoms with Gasteiger partial charge in [-0.15, -0.1) is 11.3 Å². The van der Waals surface area contributed by atoms with Crippen molar-refractivity contribution in [3.63, 3.8) is 0 Å². The normalized spacial score (nSPS) is 15.4. The molecule has 1 aliphatic carbocycles. The van der Waals surface area contributed by atoms with Crippen molar-refractivity contribution in [3.05, 3.63) is 98.0 Å². The van der Waals surface area contributed by atoms with Crippen molar-refractivity contribution >= 4 is 62.9 Å². The van der Waals surface area contributed by atoms with E-state index in [-0.39, 0.29) is 17.9 Å². The molecule has 2 aromatic heterocycles. The number of aromatic nitrogens is 1. The minimum Gasteiger partial charge on any atom is -0.481 e. The summed E-state index contributed by atoms with van der Waals surface area (Å²) in [6.07, 6.45) is 6.99. The van der Waals surface area contributed by atoms with Gasteiger partial charge in [-0.25, -0.2) is 4.98 Å². The van der Waals surface area contributed by atoms with E-state index in [1.54, 1.807) is 13.8 Å². The Balaban J connectivity index is 1.38. The van der Waals surface area contributed by atoms with Crippen LogP contribution in [0.25, 0.3) is 22.4 Å². The van der Waals surface area contributed by atoms with Crippen molar-refractivity contribution in [2.24, 2.45) is 5.41 Å². The van der Waals surface area contributed by atoms with Gasteiger partial charge in [-0.2, -0.15) is 0 Å². The second-order valence-electron chi connectivity index (χ2n) is 11.4. The number of carboxylic acids is 1. The summed E-state index contributed by atoms with van der Waals surface area (Å²) in [7, 11) is 0. The van der Waals surface area contributed by atoms with Crippen LogP contribution in [0.1, 0.15) is 73.6 Å². The highest BCUT2D eigenvalue weighted by atomic mass is 35.5. The average molecular weight is 611 g/mol. The Bertz CT molecular complexity index is 1590. The van der Waals surface area contributed by atoms with E-state index in [1.165, 1.54) is 11.3 Å². The average Bonchev–Trinajstić information content (AvgIpc) is 3.63. The Morgan fingerprint density at radius 3 is 2.63 bits per heavy atom. The Morgan fingerprint density at radius 2 is 1.90 bits per heavy atom. The van der Waals surface area contributed by atoms with Crippen LogP contribution in [0.2, 0.25) is 9.36 Å². The number of carbonyl (C=O) groups is 1. The standard InChI is InChI=1S/C33H33Cl2NO4S/c1-32(2,39)25-9-4-3-7-22(25)11-14-26(40-20-33(16-17-33)19-28(37)38)23-8-5-6-21(18-23)10-12-24-13-15-27-30(36-24)29(34)31(35)41-27/h3-10,12-13,15,18,26,39H,11,14,16-17,19-20H2,1-2H3,(H,37,38)/b12-10+. The van der Waals surface area contributed by atoms with E-state index in [0.717, 1.165) is 45.5 Å². The Morgan fingerprint density at radius 1 is 1.12 bits per heavy atom. The number of aliphatic carboxylic acids is 1. The van der Waals surface area contributed by atoms with Crippen molar-refractivity contribution < 1.29 is 19.7 Å². The van der Waals surface area contributed by atoms with Crippen LogP contribution < -0.4 is 0 Å². The van der Waals surface area contributed by atoms with Gasteiger partial charge < -0.3 is 14.9 Å². The molecule has 5 rings (SSSR count). The number of benzene rings is 2. The Labute approximate surface area is 254 Å². The first-order valence-corrected chi connectivity index (χ1v) is 15.3. The van der Waals surface area contributed by atoms with E-state index in [2.05, 4.69) is 17.1 Å². The van der Waals surface area contributed by atoms with E-state index < -0.39 is 11.6 Å². The number of thiophene rings is 1. The van der Waals surface area contributed by atoms with Crippen LogP contribution in [-0.4, -0.2) is 27.8 Å². The summed E-state index contributed by atoms with van der Waals surface area (Å²) in [6, 6.07) is 20.0. The predicted molar refractivity (Wildman–Crippen MR) is 168 cm³/mol. The van der Waals surface area contributed by atoms with Crippen LogP contribution in [0.3, 0.4) is 0 Å². The van der Waals surface area contributed by atoms with E-state index in [9.17, 15) is 15.0 Å². The lowest BCUT2D eigenvalue weighted by Gasteiger charge is -2.25. The largest absolute Gasteiger partial charge is 0.481 e. The van der Waals surface area contributed by atoms with Gasteiger partial charge in [0.05, 0.1) is 40.1 Å². The zero-order valence-corrected chi connectivity index (χ0v) is 25.4. The molecule has 4 aromatic rings. The summed E-state index contributed by atoms with van der Waals surface area (Å²) in [5.74, 6) is -0.785. The van der Waals surface area contributed by atoms with Gasteiger partial charge in [0.2, 0.25) is 0 Å². The van der Waals surface area contributed by atoms with Crippen molar-refractivity contribution in [1.29, 1.82) is 0 Å². The van der Waals surface area contributed by atoms with Crippen LogP contribution in [0.15, 0.2) is 60.7 Å². The van der Waals surface area contributed by atoms with E-state index in [4.69, 9.17) is 27.9 Å². The second-order valence-corrected chi connectivity index (χ2v) is 13.4. The summed E-state index contributed by atoms with van der Waals surface area (Å²) < 4.78 is 7.98. The predicted octanol–water partition coefficient (Wildman–Crippen LogP) is 8.95. The topological polar surface area (TPSA) is 79.7 Å². The van der Waals surface area contributed by atoms with Crippen molar-refractivity contribution in [2.45, 2.75) is 57.7 Å².